The zero-order chi connectivity index (χ0) is 16.6. The highest BCUT2D eigenvalue weighted by Gasteiger charge is 2.19. The van der Waals surface area contributed by atoms with Crippen LogP contribution in [0.25, 0.3) is 10.9 Å². The van der Waals surface area contributed by atoms with Crippen molar-refractivity contribution in [2.45, 2.75) is 18.7 Å². The van der Waals surface area contributed by atoms with Gasteiger partial charge in [-0.15, -0.1) is 0 Å². The Kier molecular flexibility index (Phi) is 4.00. The summed E-state index contributed by atoms with van der Waals surface area (Å²) < 4.78 is 28.1. The quantitative estimate of drug-likeness (QED) is 0.769. The van der Waals surface area contributed by atoms with E-state index in [4.69, 9.17) is 11.6 Å². The van der Waals surface area contributed by atoms with E-state index in [1.54, 1.807) is 36.5 Å². The number of sulfonamides is 1. The van der Waals surface area contributed by atoms with Crippen LogP contribution in [0.2, 0.25) is 5.02 Å². The van der Waals surface area contributed by atoms with Gasteiger partial charge in [-0.2, -0.15) is 0 Å². The molecule has 0 saturated carbocycles. The molecule has 23 heavy (non-hydrogen) atoms. The molecule has 0 saturated heterocycles. The molecule has 4 nitrogen and oxygen atoms in total. The fourth-order valence-electron chi connectivity index (χ4n) is 2.36. The van der Waals surface area contributed by atoms with Gasteiger partial charge in [-0.05, 0) is 49.2 Å². The van der Waals surface area contributed by atoms with Gasteiger partial charge in [0.1, 0.15) is 4.90 Å². The van der Waals surface area contributed by atoms with E-state index in [1.807, 2.05) is 26.0 Å². The Morgan fingerprint density at radius 3 is 2.65 bits per heavy atom. The van der Waals surface area contributed by atoms with E-state index in [1.165, 1.54) is 0 Å². The van der Waals surface area contributed by atoms with Crippen molar-refractivity contribution < 1.29 is 8.42 Å². The average molecular weight is 347 g/mol. The van der Waals surface area contributed by atoms with Crippen molar-refractivity contribution in [2.24, 2.45) is 0 Å². The van der Waals surface area contributed by atoms with E-state index in [-0.39, 0.29) is 4.90 Å². The number of hydrogen-bond acceptors (Lipinski definition) is 3. The fraction of sp³-hybridized carbons (Fsp3) is 0.118. The van der Waals surface area contributed by atoms with E-state index in [9.17, 15) is 8.42 Å². The summed E-state index contributed by atoms with van der Waals surface area (Å²) >= 11 is 5.96. The Hall–Kier alpha value is -2.11. The van der Waals surface area contributed by atoms with Crippen LogP contribution in [-0.4, -0.2) is 13.4 Å². The van der Waals surface area contributed by atoms with E-state index in [0.29, 0.717) is 16.2 Å². The molecule has 0 aliphatic rings. The van der Waals surface area contributed by atoms with E-state index in [2.05, 4.69) is 9.71 Å². The molecule has 2 aromatic carbocycles. The lowest BCUT2D eigenvalue weighted by Crippen LogP contribution is -2.14. The highest BCUT2D eigenvalue weighted by atomic mass is 35.5. The molecule has 1 aromatic heterocycles. The minimum atomic E-state index is -3.76. The van der Waals surface area contributed by atoms with Crippen molar-refractivity contribution in [1.82, 2.24) is 4.98 Å². The number of benzene rings is 2. The number of nitrogens with zero attached hydrogens (tertiary/aromatic N) is 1. The molecule has 0 atom stereocenters. The third-order valence-electron chi connectivity index (χ3n) is 3.54. The van der Waals surface area contributed by atoms with Crippen LogP contribution in [-0.2, 0) is 10.0 Å². The number of fused-ring (bicyclic) bond motifs is 1. The molecule has 0 amide bonds. The highest BCUT2D eigenvalue weighted by Crippen LogP contribution is 2.26. The van der Waals surface area contributed by atoms with Crippen LogP contribution < -0.4 is 4.72 Å². The summed E-state index contributed by atoms with van der Waals surface area (Å²) in [7, 11) is -3.76. The Bertz CT molecular complexity index is 1000. The molecule has 0 spiro atoms. The van der Waals surface area contributed by atoms with Gasteiger partial charge in [0.05, 0.1) is 11.2 Å². The second kappa shape index (κ2) is 5.83. The standard InChI is InChI=1S/C17H15ClN2O2S/c1-11-8-13-4-3-5-16(17(13)19-10-11)23(21,22)20-15-9-14(18)7-6-12(15)2/h3-10,20H,1-2H3. The molecule has 1 heterocycles. The van der Waals surface area contributed by atoms with E-state index in [0.717, 1.165) is 16.5 Å². The molecular formula is C17H15ClN2O2S. The van der Waals surface area contributed by atoms with Crippen LogP contribution in [0.1, 0.15) is 11.1 Å². The van der Waals surface area contributed by atoms with Crippen LogP contribution in [0.4, 0.5) is 5.69 Å². The predicted octanol–water partition coefficient (Wildman–Crippen LogP) is 4.31. The van der Waals surface area contributed by atoms with Gasteiger partial charge < -0.3 is 0 Å². The summed E-state index contributed by atoms with van der Waals surface area (Å²) in [5.41, 5.74) is 2.68. The maximum Gasteiger partial charge on any atom is 0.264 e. The van der Waals surface area contributed by atoms with Gasteiger partial charge >= 0.3 is 0 Å². The number of halogens is 1. The topological polar surface area (TPSA) is 59.1 Å². The highest BCUT2D eigenvalue weighted by molar-refractivity contribution is 7.93. The lowest BCUT2D eigenvalue weighted by Gasteiger charge is -2.12. The normalized spacial score (nSPS) is 11.6. The van der Waals surface area contributed by atoms with Crippen molar-refractivity contribution in [3.63, 3.8) is 0 Å². The fourth-order valence-corrected chi connectivity index (χ4v) is 3.84. The molecule has 0 aliphatic heterocycles. The molecule has 1 N–H and O–H groups in total. The third-order valence-corrected chi connectivity index (χ3v) is 5.18. The minimum Gasteiger partial charge on any atom is -0.279 e. The molecule has 0 fully saturated rings. The van der Waals surface area contributed by atoms with Crippen LogP contribution in [0, 0.1) is 13.8 Å². The number of pyridine rings is 1. The largest absolute Gasteiger partial charge is 0.279 e. The van der Waals surface area contributed by atoms with Gasteiger partial charge in [0, 0.05) is 16.6 Å². The monoisotopic (exact) mass is 346 g/mol. The average Bonchev–Trinajstić information content (AvgIpc) is 2.49. The summed E-state index contributed by atoms with van der Waals surface area (Å²) in [4.78, 5) is 4.43. The zero-order valence-electron chi connectivity index (χ0n) is 12.7. The first-order valence-electron chi connectivity index (χ1n) is 7.01. The second-order valence-electron chi connectivity index (χ2n) is 5.41. The number of anilines is 1. The van der Waals surface area contributed by atoms with Gasteiger partial charge in [-0.1, -0.05) is 29.8 Å². The maximum absolute atomic E-state index is 12.8. The first-order valence-corrected chi connectivity index (χ1v) is 8.87. The van der Waals surface area contributed by atoms with Gasteiger partial charge in [-0.25, -0.2) is 8.42 Å². The van der Waals surface area contributed by atoms with Crippen molar-refractivity contribution in [2.75, 3.05) is 4.72 Å². The summed E-state index contributed by atoms with van der Waals surface area (Å²) in [6.45, 7) is 3.74. The predicted molar refractivity (Wildman–Crippen MR) is 93.5 cm³/mol. The summed E-state index contributed by atoms with van der Waals surface area (Å²) in [6.07, 6.45) is 1.66. The van der Waals surface area contributed by atoms with E-state index < -0.39 is 10.0 Å². The number of nitrogens with one attached hydrogen (secondary N) is 1. The molecule has 0 unspecified atom stereocenters. The minimum absolute atomic E-state index is 0.148. The Balaban J connectivity index is 2.12. The molecule has 0 bridgehead atoms. The Morgan fingerprint density at radius 1 is 1.09 bits per heavy atom. The van der Waals surface area contributed by atoms with Crippen molar-refractivity contribution in [3.05, 3.63) is 64.8 Å². The SMILES string of the molecule is Cc1cnc2c(S(=O)(=O)Nc3cc(Cl)ccc3C)cccc2c1. The molecule has 118 valence electrons. The van der Waals surface area contributed by atoms with Crippen molar-refractivity contribution in [3.8, 4) is 0 Å². The lowest BCUT2D eigenvalue weighted by atomic mass is 10.2. The van der Waals surface area contributed by atoms with Gasteiger partial charge in [0.25, 0.3) is 10.0 Å². The van der Waals surface area contributed by atoms with Gasteiger partial charge in [0.2, 0.25) is 0 Å². The summed E-state index contributed by atoms with van der Waals surface area (Å²) in [5.74, 6) is 0. The summed E-state index contributed by atoms with van der Waals surface area (Å²) in [5, 5.41) is 1.26. The zero-order valence-corrected chi connectivity index (χ0v) is 14.2. The second-order valence-corrected chi connectivity index (χ2v) is 7.49. The Morgan fingerprint density at radius 2 is 1.87 bits per heavy atom. The van der Waals surface area contributed by atoms with Gasteiger partial charge in [-0.3, -0.25) is 9.71 Å². The van der Waals surface area contributed by atoms with Crippen LogP contribution >= 0.6 is 11.6 Å². The third kappa shape index (κ3) is 3.16. The first kappa shape index (κ1) is 15.8. The number of aromatic nitrogens is 1. The van der Waals surface area contributed by atoms with Crippen LogP contribution in [0.3, 0.4) is 0 Å². The maximum atomic E-state index is 12.8. The number of rotatable bonds is 3. The Labute approximate surface area is 140 Å². The molecule has 6 heteroatoms. The number of hydrogen-bond donors (Lipinski definition) is 1. The van der Waals surface area contributed by atoms with Crippen molar-refractivity contribution >= 4 is 38.2 Å². The van der Waals surface area contributed by atoms with Gasteiger partial charge in [0.15, 0.2) is 0 Å². The molecule has 3 aromatic rings. The van der Waals surface area contributed by atoms with Crippen LogP contribution in [0.15, 0.2) is 53.6 Å². The molecule has 0 aliphatic carbocycles. The summed E-state index contributed by atoms with van der Waals surface area (Å²) in [6, 6.07) is 12.1. The van der Waals surface area contributed by atoms with Crippen LogP contribution in [0.5, 0.6) is 0 Å². The van der Waals surface area contributed by atoms with E-state index >= 15 is 0 Å². The molecule has 3 rings (SSSR count). The molecular weight excluding hydrogens is 332 g/mol. The lowest BCUT2D eigenvalue weighted by molar-refractivity contribution is 0.602. The first-order chi connectivity index (χ1) is 10.9. The number of para-hydroxylation sites is 1. The smallest absolute Gasteiger partial charge is 0.264 e. The molecule has 0 radical (unpaired) electrons. The number of aryl methyl sites for hydroxylation is 2. The van der Waals surface area contributed by atoms with Crippen molar-refractivity contribution in [1.29, 1.82) is 0 Å².